The van der Waals surface area contributed by atoms with Crippen LogP contribution in [0.5, 0.6) is 0 Å². The van der Waals surface area contributed by atoms with Crippen molar-refractivity contribution < 1.29 is 19.4 Å². The Hall–Kier alpha value is -1.10. The van der Waals surface area contributed by atoms with Crippen LogP contribution >= 0.6 is 0 Å². The molecular formula is C9H15NO4. The van der Waals surface area contributed by atoms with Crippen LogP contribution in [0, 0.1) is 5.41 Å². The normalized spacial score (nSPS) is 19.9. The van der Waals surface area contributed by atoms with Gasteiger partial charge in [0.15, 0.2) is 0 Å². The molecular weight excluding hydrogens is 186 g/mol. The van der Waals surface area contributed by atoms with Gasteiger partial charge in [-0.25, -0.2) is 0 Å². The molecule has 0 bridgehead atoms. The molecule has 1 amide bonds. The second kappa shape index (κ2) is 3.96. The van der Waals surface area contributed by atoms with Gasteiger partial charge in [0.2, 0.25) is 5.91 Å². The summed E-state index contributed by atoms with van der Waals surface area (Å²) in [6, 6.07) is -0.149. The van der Waals surface area contributed by atoms with Crippen LogP contribution in [0.4, 0.5) is 0 Å². The number of carbonyl (C=O) groups excluding carboxylic acids is 1. The van der Waals surface area contributed by atoms with Crippen molar-refractivity contribution in [1.82, 2.24) is 5.32 Å². The molecule has 14 heavy (non-hydrogen) atoms. The molecule has 5 nitrogen and oxygen atoms in total. The summed E-state index contributed by atoms with van der Waals surface area (Å²) in [4.78, 5) is 22.3. The highest BCUT2D eigenvalue weighted by molar-refractivity contribution is 6.04. The van der Waals surface area contributed by atoms with E-state index in [4.69, 9.17) is 9.84 Å². The maximum atomic E-state index is 11.5. The number of rotatable bonds is 5. The van der Waals surface area contributed by atoms with E-state index in [0.29, 0.717) is 19.4 Å². The van der Waals surface area contributed by atoms with E-state index < -0.39 is 17.3 Å². The minimum absolute atomic E-state index is 0.149. The van der Waals surface area contributed by atoms with Crippen molar-refractivity contribution in [3.05, 3.63) is 0 Å². The number of ether oxygens (including phenoxy) is 1. The molecule has 1 aliphatic rings. The second-order valence-electron chi connectivity index (χ2n) is 3.72. The number of nitrogens with one attached hydrogen (secondary N) is 1. The number of carboxylic acid groups (broad SMARTS) is 1. The second-order valence-corrected chi connectivity index (χ2v) is 3.72. The Morgan fingerprint density at radius 1 is 1.57 bits per heavy atom. The van der Waals surface area contributed by atoms with Crippen molar-refractivity contribution in [2.75, 3.05) is 13.7 Å². The van der Waals surface area contributed by atoms with Gasteiger partial charge in [0.25, 0.3) is 0 Å². The van der Waals surface area contributed by atoms with Gasteiger partial charge in [-0.3, -0.25) is 9.59 Å². The van der Waals surface area contributed by atoms with Crippen LogP contribution in [0.25, 0.3) is 0 Å². The topological polar surface area (TPSA) is 75.6 Å². The summed E-state index contributed by atoms with van der Waals surface area (Å²) in [6.07, 6.45) is 0.877. The lowest BCUT2D eigenvalue weighted by Gasteiger charge is -2.16. The van der Waals surface area contributed by atoms with Gasteiger partial charge >= 0.3 is 5.97 Å². The van der Waals surface area contributed by atoms with Crippen molar-refractivity contribution in [2.45, 2.75) is 25.8 Å². The standard InChI is InChI=1S/C9H15NO4/c1-6(5-14-2)10-7(11)9(3-4-9)8(12)13/h6H,3-5H2,1-2H3,(H,10,11)(H,12,13)/t6-/m1/s1. The van der Waals surface area contributed by atoms with E-state index in [1.54, 1.807) is 6.92 Å². The molecule has 0 unspecified atom stereocenters. The number of carboxylic acids is 1. The molecule has 0 spiro atoms. The number of carbonyl (C=O) groups is 2. The van der Waals surface area contributed by atoms with Crippen LogP contribution < -0.4 is 5.32 Å². The Morgan fingerprint density at radius 3 is 2.50 bits per heavy atom. The van der Waals surface area contributed by atoms with E-state index >= 15 is 0 Å². The summed E-state index contributed by atoms with van der Waals surface area (Å²) in [6.45, 7) is 2.17. The number of amides is 1. The fourth-order valence-electron chi connectivity index (χ4n) is 1.32. The third-order valence-corrected chi connectivity index (χ3v) is 2.39. The molecule has 1 rings (SSSR count). The van der Waals surface area contributed by atoms with E-state index in [1.807, 2.05) is 0 Å². The minimum Gasteiger partial charge on any atom is -0.480 e. The average Bonchev–Trinajstić information content (AvgIpc) is 2.83. The molecule has 80 valence electrons. The summed E-state index contributed by atoms with van der Waals surface area (Å²) in [5.74, 6) is -1.42. The molecule has 5 heteroatoms. The van der Waals surface area contributed by atoms with E-state index in [2.05, 4.69) is 5.32 Å². The van der Waals surface area contributed by atoms with Crippen molar-refractivity contribution in [3.8, 4) is 0 Å². The molecule has 0 aromatic carbocycles. The van der Waals surface area contributed by atoms with Crippen molar-refractivity contribution in [2.24, 2.45) is 5.41 Å². The van der Waals surface area contributed by atoms with Crippen LogP contribution in [0.15, 0.2) is 0 Å². The third kappa shape index (κ3) is 2.04. The fourth-order valence-corrected chi connectivity index (χ4v) is 1.32. The predicted molar refractivity (Wildman–Crippen MR) is 48.8 cm³/mol. The Labute approximate surface area is 82.4 Å². The van der Waals surface area contributed by atoms with Gasteiger partial charge in [-0.05, 0) is 19.8 Å². The first-order valence-electron chi connectivity index (χ1n) is 4.56. The Kier molecular flexibility index (Phi) is 3.10. The summed E-state index contributed by atoms with van der Waals surface area (Å²) in [7, 11) is 1.53. The van der Waals surface area contributed by atoms with Gasteiger partial charge < -0.3 is 15.2 Å². The summed E-state index contributed by atoms with van der Waals surface area (Å²) in [5.41, 5.74) is -1.15. The SMILES string of the molecule is COC[C@@H](C)NC(=O)C1(C(=O)O)CC1. The highest BCUT2D eigenvalue weighted by Crippen LogP contribution is 2.46. The van der Waals surface area contributed by atoms with E-state index in [1.165, 1.54) is 7.11 Å². The van der Waals surface area contributed by atoms with Crippen molar-refractivity contribution in [3.63, 3.8) is 0 Å². The van der Waals surface area contributed by atoms with E-state index in [-0.39, 0.29) is 6.04 Å². The van der Waals surface area contributed by atoms with Crippen molar-refractivity contribution >= 4 is 11.9 Å². The summed E-state index contributed by atoms with van der Waals surface area (Å²) < 4.78 is 4.84. The Balaban J connectivity index is 2.46. The molecule has 0 saturated heterocycles. The quantitative estimate of drug-likeness (QED) is 0.614. The Morgan fingerprint density at radius 2 is 2.14 bits per heavy atom. The molecule has 1 saturated carbocycles. The molecule has 0 aromatic rings. The van der Waals surface area contributed by atoms with Gasteiger partial charge in [-0.2, -0.15) is 0 Å². The monoisotopic (exact) mass is 201 g/mol. The maximum absolute atomic E-state index is 11.5. The lowest BCUT2D eigenvalue weighted by Crippen LogP contribution is -2.43. The van der Waals surface area contributed by atoms with Gasteiger partial charge in [0.1, 0.15) is 5.41 Å². The molecule has 0 radical (unpaired) electrons. The third-order valence-electron chi connectivity index (χ3n) is 2.39. The predicted octanol–water partition coefficient (Wildman–Crippen LogP) is 0.00230. The van der Waals surface area contributed by atoms with Crippen LogP contribution in [0.2, 0.25) is 0 Å². The largest absolute Gasteiger partial charge is 0.480 e. The molecule has 1 fully saturated rings. The van der Waals surface area contributed by atoms with Gasteiger partial charge in [0, 0.05) is 13.2 Å². The van der Waals surface area contributed by atoms with E-state index in [0.717, 1.165) is 0 Å². The molecule has 0 aromatic heterocycles. The van der Waals surface area contributed by atoms with Crippen LogP contribution in [-0.2, 0) is 14.3 Å². The summed E-state index contributed by atoms with van der Waals surface area (Å²) in [5, 5.41) is 11.4. The zero-order valence-electron chi connectivity index (χ0n) is 8.37. The van der Waals surface area contributed by atoms with Crippen LogP contribution in [0.1, 0.15) is 19.8 Å². The zero-order chi connectivity index (χ0) is 10.8. The maximum Gasteiger partial charge on any atom is 0.319 e. The lowest BCUT2D eigenvalue weighted by molar-refractivity contribution is -0.149. The molecule has 1 aliphatic carbocycles. The van der Waals surface area contributed by atoms with Crippen LogP contribution in [-0.4, -0.2) is 36.7 Å². The fraction of sp³-hybridized carbons (Fsp3) is 0.778. The zero-order valence-corrected chi connectivity index (χ0v) is 8.37. The first kappa shape index (κ1) is 11.0. The number of aliphatic carboxylic acids is 1. The van der Waals surface area contributed by atoms with Gasteiger partial charge in [-0.15, -0.1) is 0 Å². The molecule has 1 atom stereocenters. The highest BCUT2D eigenvalue weighted by Gasteiger charge is 2.57. The summed E-state index contributed by atoms with van der Waals surface area (Å²) >= 11 is 0. The molecule has 0 aliphatic heterocycles. The first-order valence-corrected chi connectivity index (χ1v) is 4.56. The first-order chi connectivity index (χ1) is 6.53. The number of methoxy groups -OCH3 is 1. The number of hydrogen-bond acceptors (Lipinski definition) is 3. The minimum atomic E-state index is -1.15. The average molecular weight is 201 g/mol. The highest BCUT2D eigenvalue weighted by atomic mass is 16.5. The van der Waals surface area contributed by atoms with Crippen molar-refractivity contribution in [1.29, 1.82) is 0 Å². The van der Waals surface area contributed by atoms with E-state index in [9.17, 15) is 9.59 Å². The van der Waals surface area contributed by atoms with Gasteiger partial charge in [0.05, 0.1) is 6.61 Å². The van der Waals surface area contributed by atoms with Gasteiger partial charge in [-0.1, -0.05) is 0 Å². The lowest BCUT2D eigenvalue weighted by atomic mass is 10.1. The Bertz CT molecular complexity index is 247. The smallest absolute Gasteiger partial charge is 0.319 e. The molecule has 2 N–H and O–H groups in total. The molecule has 0 heterocycles. The van der Waals surface area contributed by atoms with Crippen LogP contribution in [0.3, 0.4) is 0 Å². The number of hydrogen-bond donors (Lipinski definition) is 2.